The van der Waals surface area contributed by atoms with Crippen molar-refractivity contribution in [1.82, 2.24) is 5.32 Å². The summed E-state index contributed by atoms with van der Waals surface area (Å²) in [7, 11) is 0. The molecule has 98 valence electrons. The molecule has 0 fully saturated rings. The summed E-state index contributed by atoms with van der Waals surface area (Å²) >= 11 is 5.94. The van der Waals surface area contributed by atoms with Crippen LogP contribution >= 0.6 is 11.6 Å². The van der Waals surface area contributed by atoms with Crippen LogP contribution in [-0.4, -0.2) is 5.91 Å². The third kappa shape index (κ3) is 3.58. The molecule has 0 bridgehead atoms. The van der Waals surface area contributed by atoms with E-state index in [9.17, 15) is 4.79 Å². The van der Waals surface area contributed by atoms with Crippen molar-refractivity contribution in [2.75, 3.05) is 0 Å². The van der Waals surface area contributed by atoms with Gasteiger partial charge in [0.2, 0.25) is 0 Å². The lowest BCUT2D eigenvalue weighted by Crippen LogP contribution is -2.23. The number of rotatable bonds is 4. The molecule has 0 aliphatic carbocycles. The predicted octanol–water partition coefficient (Wildman–Crippen LogP) is 3.83. The first-order valence-corrected chi connectivity index (χ1v) is 6.69. The lowest BCUT2D eigenvalue weighted by molar-refractivity contribution is 0.0950. The minimum absolute atomic E-state index is 0.0580. The van der Waals surface area contributed by atoms with Crippen LogP contribution in [0, 0.1) is 0 Å². The summed E-state index contributed by atoms with van der Waals surface area (Å²) in [6.45, 7) is 2.55. The molecule has 0 spiro atoms. The zero-order chi connectivity index (χ0) is 13.7. The Morgan fingerprint density at radius 1 is 1.16 bits per heavy atom. The number of carbonyl (C=O) groups is 1. The maximum absolute atomic E-state index is 12.2. The van der Waals surface area contributed by atoms with Gasteiger partial charge in [-0.2, -0.15) is 0 Å². The van der Waals surface area contributed by atoms with E-state index in [1.54, 1.807) is 12.1 Å². The highest BCUT2D eigenvalue weighted by Crippen LogP contribution is 2.16. The van der Waals surface area contributed by atoms with Crippen LogP contribution < -0.4 is 5.32 Å². The molecule has 2 rings (SSSR count). The van der Waals surface area contributed by atoms with Crippen molar-refractivity contribution in [3.63, 3.8) is 0 Å². The molecule has 0 atom stereocenters. The van der Waals surface area contributed by atoms with E-state index in [1.807, 2.05) is 43.3 Å². The maximum atomic E-state index is 12.2. The average Bonchev–Trinajstić information content (AvgIpc) is 2.45. The summed E-state index contributed by atoms with van der Waals surface area (Å²) in [6.07, 6.45) is 0.786. The highest BCUT2D eigenvalue weighted by atomic mass is 35.5. The summed E-state index contributed by atoms with van der Waals surface area (Å²) in [6, 6.07) is 15.2. The number of hydrogen-bond donors (Lipinski definition) is 1. The molecule has 2 aromatic rings. The van der Waals surface area contributed by atoms with Gasteiger partial charge in [0.25, 0.3) is 5.91 Å². The second kappa shape index (κ2) is 6.39. The second-order valence-electron chi connectivity index (χ2n) is 4.32. The standard InChI is InChI=1S/C16H16ClNO/c1-2-13-10-14(17)8-9-15(13)16(19)18-11-12-6-4-3-5-7-12/h3-10H,2,11H2,1H3,(H,18,19). The molecule has 2 aromatic carbocycles. The molecular weight excluding hydrogens is 258 g/mol. The van der Waals surface area contributed by atoms with Crippen LogP contribution in [0.5, 0.6) is 0 Å². The van der Waals surface area contributed by atoms with Crippen molar-refractivity contribution in [2.24, 2.45) is 0 Å². The number of aryl methyl sites for hydroxylation is 1. The lowest BCUT2D eigenvalue weighted by atomic mass is 10.0. The van der Waals surface area contributed by atoms with Crippen LogP contribution in [-0.2, 0) is 13.0 Å². The van der Waals surface area contributed by atoms with Gasteiger partial charge in [0.05, 0.1) is 0 Å². The Kier molecular flexibility index (Phi) is 4.58. The van der Waals surface area contributed by atoms with Gasteiger partial charge in [-0.05, 0) is 35.7 Å². The first-order chi connectivity index (χ1) is 9.20. The smallest absolute Gasteiger partial charge is 0.251 e. The fourth-order valence-electron chi connectivity index (χ4n) is 1.95. The molecule has 0 radical (unpaired) electrons. The van der Waals surface area contributed by atoms with E-state index in [1.165, 1.54) is 0 Å². The predicted molar refractivity (Wildman–Crippen MR) is 78.4 cm³/mol. The fourth-order valence-corrected chi connectivity index (χ4v) is 2.14. The SMILES string of the molecule is CCc1cc(Cl)ccc1C(=O)NCc1ccccc1. The zero-order valence-electron chi connectivity index (χ0n) is 10.8. The third-order valence-electron chi connectivity index (χ3n) is 2.99. The molecule has 0 saturated carbocycles. The Labute approximate surface area is 118 Å². The van der Waals surface area contributed by atoms with Gasteiger partial charge in [0.15, 0.2) is 0 Å². The number of halogens is 1. The Morgan fingerprint density at radius 2 is 1.89 bits per heavy atom. The van der Waals surface area contributed by atoms with Gasteiger partial charge >= 0.3 is 0 Å². The van der Waals surface area contributed by atoms with Gasteiger partial charge < -0.3 is 5.32 Å². The van der Waals surface area contributed by atoms with Crippen molar-refractivity contribution in [2.45, 2.75) is 19.9 Å². The highest BCUT2D eigenvalue weighted by molar-refractivity contribution is 6.30. The van der Waals surface area contributed by atoms with Crippen molar-refractivity contribution in [3.05, 3.63) is 70.2 Å². The van der Waals surface area contributed by atoms with Gasteiger partial charge in [-0.25, -0.2) is 0 Å². The summed E-state index contributed by atoms with van der Waals surface area (Å²) in [5.41, 5.74) is 2.75. The van der Waals surface area contributed by atoms with Crippen LogP contribution in [0.2, 0.25) is 5.02 Å². The molecule has 0 saturated heterocycles. The normalized spacial score (nSPS) is 10.2. The highest BCUT2D eigenvalue weighted by Gasteiger charge is 2.10. The van der Waals surface area contributed by atoms with Gasteiger partial charge in [0.1, 0.15) is 0 Å². The van der Waals surface area contributed by atoms with Crippen molar-refractivity contribution in [1.29, 1.82) is 0 Å². The van der Waals surface area contributed by atoms with Crippen molar-refractivity contribution < 1.29 is 4.79 Å². The largest absolute Gasteiger partial charge is 0.348 e. The zero-order valence-corrected chi connectivity index (χ0v) is 11.6. The minimum atomic E-state index is -0.0580. The molecule has 2 nitrogen and oxygen atoms in total. The van der Waals surface area contributed by atoms with E-state index in [0.717, 1.165) is 17.5 Å². The minimum Gasteiger partial charge on any atom is -0.348 e. The lowest BCUT2D eigenvalue weighted by Gasteiger charge is -2.09. The molecule has 0 aliphatic rings. The molecule has 0 heterocycles. The topological polar surface area (TPSA) is 29.1 Å². The molecule has 0 aliphatic heterocycles. The van der Waals surface area contributed by atoms with E-state index in [-0.39, 0.29) is 5.91 Å². The molecule has 1 N–H and O–H groups in total. The Bertz CT molecular complexity index is 566. The molecule has 19 heavy (non-hydrogen) atoms. The summed E-state index contributed by atoms with van der Waals surface area (Å²) < 4.78 is 0. The van der Waals surface area contributed by atoms with Crippen LogP contribution in [0.3, 0.4) is 0 Å². The molecule has 1 amide bonds. The van der Waals surface area contributed by atoms with Crippen LogP contribution in [0.25, 0.3) is 0 Å². The molecule has 0 aromatic heterocycles. The fraction of sp³-hybridized carbons (Fsp3) is 0.188. The first-order valence-electron chi connectivity index (χ1n) is 6.31. The first kappa shape index (κ1) is 13.6. The average molecular weight is 274 g/mol. The summed E-state index contributed by atoms with van der Waals surface area (Å²) in [5, 5.41) is 3.59. The van der Waals surface area contributed by atoms with Crippen molar-refractivity contribution in [3.8, 4) is 0 Å². The Morgan fingerprint density at radius 3 is 2.58 bits per heavy atom. The molecular formula is C16H16ClNO. The van der Waals surface area contributed by atoms with Crippen molar-refractivity contribution >= 4 is 17.5 Å². The van der Waals surface area contributed by atoms with E-state index in [2.05, 4.69) is 5.32 Å². The number of hydrogen-bond acceptors (Lipinski definition) is 1. The molecule has 3 heteroatoms. The van der Waals surface area contributed by atoms with E-state index < -0.39 is 0 Å². The number of amides is 1. The maximum Gasteiger partial charge on any atom is 0.251 e. The van der Waals surface area contributed by atoms with Gasteiger partial charge in [0, 0.05) is 17.1 Å². The van der Waals surface area contributed by atoms with E-state index >= 15 is 0 Å². The van der Waals surface area contributed by atoms with Gasteiger partial charge in [-0.15, -0.1) is 0 Å². The van der Waals surface area contributed by atoms with Gasteiger partial charge in [-0.3, -0.25) is 4.79 Å². The third-order valence-corrected chi connectivity index (χ3v) is 3.22. The van der Waals surface area contributed by atoms with E-state index in [0.29, 0.717) is 17.1 Å². The van der Waals surface area contributed by atoms with Crippen LogP contribution in [0.4, 0.5) is 0 Å². The quantitative estimate of drug-likeness (QED) is 0.901. The number of carbonyl (C=O) groups excluding carboxylic acids is 1. The van der Waals surface area contributed by atoms with E-state index in [4.69, 9.17) is 11.6 Å². The summed E-state index contributed by atoms with van der Waals surface area (Å²) in [5.74, 6) is -0.0580. The molecule has 0 unspecified atom stereocenters. The Balaban J connectivity index is 2.08. The number of nitrogens with one attached hydrogen (secondary N) is 1. The van der Waals surface area contributed by atoms with Crippen LogP contribution in [0.1, 0.15) is 28.4 Å². The Hall–Kier alpha value is -1.80. The monoisotopic (exact) mass is 273 g/mol. The number of benzene rings is 2. The second-order valence-corrected chi connectivity index (χ2v) is 4.76. The van der Waals surface area contributed by atoms with Crippen LogP contribution in [0.15, 0.2) is 48.5 Å². The summed E-state index contributed by atoms with van der Waals surface area (Å²) in [4.78, 5) is 12.2. The van der Waals surface area contributed by atoms with Gasteiger partial charge in [-0.1, -0.05) is 48.9 Å².